The molecule has 4 rings (SSSR count). The number of pyridine rings is 1. The lowest BCUT2D eigenvalue weighted by Crippen LogP contribution is -2.36. The summed E-state index contributed by atoms with van der Waals surface area (Å²) in [5.74, 6) is 1.68. The Kier molecular flexibility index (Phi) is 13.1. The van der Waals surface area contributed by atoms with Crippen LogP contribution in [0.5, 0.6) is 5.75 Å². The van der Waals surface area contributed by atoms with E-state index in [1.165, 1.54) is 0 Å². The van der Waals surface area contributed by atoms with Crippen LogP contribution in [0.3, 0.4) is 0 Å². The Labute approximate surface area is 279 Å². The van der Waals surface area contributed by atoms with Crippen LogP contribution in [0.25, 0.3) is 0 Å². The molecule has 0 unspecified atom stereocenters. The predicted molar refractivity (Wildman–Crippen MR) is 190 cm³/mol. The van der Waals surface area contributed by atoms with Gasteiger partial charge in [-0.15, -0.1) is 0 Å². The van der Waals surface area contributed by atoms with E-state index in [0.29, 0.717) is 29.5 Å². The van der Waals surface area contributed by atoms with Crippen LogP contribution < -0.4 is 20.7 Å². The van der Waals surface area contributed by atoms with Crippen molar-refractivity contribution < 1.29 is 19.0 Å². The maximum Gasteiger partial charge on any atom is 0.274 e. The van der Waals surface area contributed by atoms with Crippen molar-refractivity contribution in [2.24, 2.45) is 0 Å². The Morgan fingerprint density at radius 2 is 1.64 bits per heavy atom. The number of nitrogens with zero attached hydrogens (tertiary/aromatic N) is 3. The number of nitrogens with one attached hydrogen (secondary N) is 3. The lowest BCUT2D eigenvalue weighted by molar-refractivity contribution is 0.0371. The molecule has 3 N–H and O–H groups in total. The van der Waals surface area contributed by atoms with Crippen molar-refractivity contribution in [2.45, 2.75) is 52.2 Å². The molecule has 0 aliphatic carbocycles. The van der Waals surface area contributed by atoms with Crippen LogP contribution in [-0.2, 0) is 16.0 Å². The largest absolute Gasteiger partial charge is 0.497 e. The van der Waals surface area contributed by atoms with Crippen molar-refractivity contribution in [3.8, 4) is 5.75 Å². The van der Waals surface area contributed by atoms with Gasteiger partial charge in [0.05, 0.1) is 37.5 Å². The second-order valence-electron chi connectivity index (χ2n) is 12.6. The zero-order valence-corrected chi connectivity index (χ0v) is 28.3. The SMILES string of the molecule is C=C(Nc1ccccc1NC(=O)c1ccc(CN(CCCCCN2CCOCC2)C(=C)Nc2ccc(OC)cc2)cn1)OC(C)(C)C. The van der Waals surface area contributed by atoms with E-state index in [2.05, 4.69) is 43.9 Å². The molecule has 1 aliphatic heterocycles. The van der Waals surface area contributed by atoms with Crippen LogP contribution in [0.2, 0.25) is 0 Å². The van der Waals surface area contributed by atoms with Crippen LogP contribution in [0.1, 0.15) is 56.1 Å². The summed E-state index contributed by atoms with van der Waals surface area (Å²) >= 11 is 0. The van der Waals surface area contributed by atoms with E-state index in [9.17, 15) is 4.79 Å². The molecule has 0 saturated carbocycles. The summed E-state index contributed by atoms with van der Waals surface area (Å²) in [7, 11) is 1.66. The van der Waals surface area contributed by atoms with Gasteiger partial charge in [-0.2, -0.15) is 0 Å². The zero-order chi connectivity index (χ0) is 33.6. The molecule has 0 atom stereocenters. The summed E-state index contributed by atoms with van der Waals surface area (Å²) in [6.07, 6.45) is 5.05. The molecule has 0 bridgehead atoms. The minimum Gasteiger partial charge on any atom is -0.497 e. The highest BCUT2D eigenvalue weighted by atomic mass is 16.5. The number of aromatic nitrogens is 1. The Morgan fingerprint density at radius 3 is 2.28 bits per heavy atom. The average molecular weight is 643 g/mol. The second kappa shape index (κ2) is 17.4. The van der Waals surface area contributed by atoms with E-state index in [0.717, 1.165) is 81.5 Å². The van der Waals surface area contributed by atoms with Gasteiger partial charge >= 0.3 is 0 Å². The van der Waals surface area contributed by atoms with E-state index < -0.39 is 5.60 Å². The maximum atomic E-state index is 13.2. The summed E-state index contributed by atoms with van der Waals surface area (Å²) in [6.45, 7) is 20.4. The van der Waals surface area contributed by atoms with E-state index in [4.69, 9.17) is 14.2 Å². The fourth-order valence-electron chi connectivity index (χ4n) is 5.17. The van der Waals surface area contributed by atoms with Gasteiger partial charge in [0.25, 0.3) is 5.91 Å². The van der Waals surface area contributed by atoms with Crippen molar-refractivity contribution >= 4 is 23.0 Å². The fourth-order valence-corrected chi connectivity index (χ4v) is 5.17. The highest BCUT2D eigenvalue weighted by Gasteiger charge is 2.16. The molecule has 10 heteroatoms. The zero-order valence-electron chi connectivity index (χ0n) is 28.3. The number of amides is 1. The number of benzene rings is 2. The van der Waals surface area contributed by atoms with Gasteiger partial charge in [0.2, 0.25) is 0 Å². The Hall–Kier alpha value is -4.54. The number of carbonyl (C=O) groups is 1. The molecular weight excluding hydrogens is 592 g/mol. The molecular formula is C37H50N6O4. The molecule has 0 radical (unpaired) electrons. The summed E-state index contributed by atoms with van der Waals surface area (Å²) in [4.78, 5) is 22.4. The number of unbranched alkanes of at least 4 members (excludes halogenated alkanes) is 2. The van der Waals surface area contributed by atoms with E-state index >= 15 is 0 Å². The molecule has 1 saturated heterocycles. The molecule has 47 heavy (non-hydrogen) atoms. The first kappa shape index (κ1) is 35.3. The quantitative estimate of drug-likeness (QED) is 0.107. The minimum atomic E-state index is -0.398. The van der Waals surface area contributed by atoms with Crippen LogP contribution >= 0.6 is 0 Å². The van der Waals surface area contributed by atoms with E-state index in [1.54, 1.807) is 19.4 Å². The third-order valence-electron chi connectivity index (χ3n) is 7.58. The van der Waals surface area contributed by atoms with Crippen LogP contribution in [0.4, 0.5) is 17.1 Å². The smallest absolute Gasteiger partial charge is 0.274 e. The number of ether oxygens (including phenoxy) is 3. The summed E-state index contributed by atoms with van der Waals surface area (Å²) in [6, 6.07) is 18.9. The van der Waals surface area contributed by atoms with Gasteiger partial charge in [-0.05, 0) is 94.8 Å². The third kappa shape index (κ3) is 12.0. The summed E-state index contributed by atoms with van der Waals surface area (Å²) in [5, 5.41) is 9.54. The average Bonchev–Trinajstić information content (AvgIpc) is 3.05. The van der Waals surface area contributed by atoms with Gasteiger partial charge in [0.15, 0.2) is 5.88 Å². The number of methoxy groups -OCH3 is 1. The van der Waals surface area contributed by atoms with Crippen LogP contribution in [0, 0.1) is 0 Å². The Bertz CT molecular complexity index is 1450. The Morgan fingerprint density at radius 1 is 0.936 bits per heavy atom. The van der Waals surface area contributed by atoms with Crippen LogP contribution in [-0.4, -0.2) is 72.8 Å². The van der Waals surface area contributed by atoms with Crippen molar-refractivity contribution in [3.05, 3.63) is 103 Å². The van der Waals surface area contributed by atoms with Crippen LogP contribution in [0.15, 0.2) is 91.7 Å². The second-order valence-corrected chi connectivity index (χ2v) is 12.6. The van der Waals surface area contributed by atoms with Crippen molar-refractivity contribution in [1.82, 2.24) is 14.8 Å². The van der Waals surface area contributed by atoms with E-state index in [1.807, 2.05) is 75.4 Å². The number of hydrogen-bond donors (Lipinski definition) is 3. The number of carbonyl (C=O) groups excluding carboxylic acids is 1. The molecule has 1 aromatic heterocycles. The predicted octanol–water partition coefficient (Wildman–Crippen LogP) is 6.93. The molecule has 3 aromatic rings. The van der Waals surface area contributed by atoms with Gasteiger partial charge in [-0.25, -0.2) is 0 Å². The summed E-state index contributed by atoms with van der Waals surface area (Å²) in [5.41, 5.74) is 3.10. The molecule has 0 spiro atoms. The monoisotopic (exact) mass is 642 g/mol. The van der Waals surface area contributed by atoms with Gasteiger partial charge in [-0.1, -0.05) is 31.2 Å². The lowest BCUT2D eigenvalue weighted by Gasteiger charge is -2.28. The molecule has 10 nitrogen and oxygen atoms in total. The van der Waals surface area contributed by atoms with Crippen molar-refractivity contribution in [3.63, 3.8) is 0 Å². The summed E-state index contributed by atoms with van der Waals surface area (Å²) < 4.78 is 16.6. The first-order valence-corrected chi connectivity index (χ1v) is 16.2. The molecule has 252 valence electrons. The minimum absolute atomic E-state index is 0.309. The lowest BCUT2D eigenvalue weighted by atomic mass is 10.2. The topological polar surface area (TPSA) is 100 Å². The Balaban J connectivity index is 1.37. The maximum absolute atomic E-state index is 13.2. The number of morpholine rings is 1. The first-order valence-electron chi connectivity index (χ1n) is 16.2. The van der Waals surface area contributed by atoms with Gasteiger partial charge in [-0.3, -0.25) is 14.7 Å². The van der Waals surface area contributed by atoms with Gasteiger partial charge in [0.1, 0.15) is 17.0 Å². The van der Waals surface area contributed by atoms with Gasteiger partial charge < -0.3 is 35.1 Å². The fraction of sp³-hybridized carbons (Fsp3) is 0.405. The molecule has 2 aromatic carbocycles. The van der Waals surface area contributed by atoms with Crippen molar-refractivity contribution in [2.75, 3.05) is 62.5 Å². The number of rotatable bonds is 17. The molecule has 1 amide bonds. The first-order chi connectivity index (χ1) is 22.6. The molecule has 2 heterocycles. The van der Waals surface area contributed by atoms with Crippen molar-refractivity contribution in [1.29, 1.82) is 0 Å². The molecule has 1 aliphatic rings. The standard InChI is InChI=1S/C37H50N6O4/c1-28(39-31-15-17-32(45-6)18-16-31)43(21-11-7-10-20-42-22-24-46-25-23-42)27-30-14-19-35(38-26-30)36(44)41-34-13-9-8-12-33(34)40-29(2)47-37(3,4)5/h8-9,12-19,26,39-40H,1-2,7,10-11,20-25,27H2,3-6H3,(H,41,44). The number of para-hydroxylation sites is 2. The highest BCUT2D eigenvalue weighted by Crippen LogP contribution is 2.25. The number of hydrogen-bond acceptors (Lipinski definition) is 9. The number of anilines is 3. The molecule has 1 fully saturated rings. The normalized spacial score (nSPS) is 13.4. The van der Waals surface area contributed by atoms with Gasteiger partial charge in [0, 0.05) is 38.1 Å². The third-order valence-corrected chi connectivity index (χ3v) is 7.58. The van der Waals surface area contributed by atoms with E-state index in [-0.39, 0.29) is 5.91 Å². The highest BCUT2D eigenvalue weighted by molar-refractivity contribution is 6.04.